The summed E-state index contributed by atoms with van der Waals surface area (Å²) in [6, 6.07) is 7.15. The zero-order valence-electron chi connectivity index (χ0n) is 10.7. The number of benzene rings is 1. The molecule has 0 unspecified atom stereocenters. The average Bonchev–Trinajstić information content (AvgIpc) is 2.26. The second-order valence-corrected chi connectivity index (χ2v) is 4.63. The number of nitriles is 1. The molecular weight excluding hydrogens is 228 g/mol. The Bertz CT molecular complexity index is 476. The fraction of sp³-hybridized carbons (Fsp3) is 0.385. The van der Waals surface area contributed by atoms with Crippen LogP contribution in [0.5, 0.6) is 0 Å². The summed E-state index contributed by atoms with van der Waals surface area (Å²) in [7, 11) is 0. The van der Waals surface area contributed by atoms with Crippen molar-refractivity contribution in [1.29, 1.82) is 5.26 Å². The van der Waals surface area contributed by atoms with Gasteiger partial charge in [0.25, 0.3) is 0 Å². The minimum Gasteiger partial charge on any atom is -0.399 e. The second kappa shape index (κ2) is 5.92. The summed E-state index contributed by atoms with van der Waals surface area (Å²) in [5.74, 6) is -0.0650. The van der Waals surface area contributed by atoms with Gasteiger partial charge in [0.2, 0.25) is 5.91 Å². The number of rotatable bonds is 5. The maximum Gasteiger partial charge on any atom is 0.236 e. The van der Waals surface area contributed by atoms with E-state index in [1.54, 1.807) is 18.2 Å². The van der Waals surface area contributed by atoms with Crippen LogP contribution in [0.15, 0.2) is 18.2 Å². The smallest absolute Gasteiger partial charge is 0.236 e. The van der Waals surface area contributed by atoms with Gasteiger partial charge in [-0.2, -0.15) is 5.26 Å². The topological polar surface area (TPSA) is 96.1 Å². The predicted molar refractivity (Wildman–Crippen MR) is 71.8 cm³/mol. The van der Waals surface area contributed by atoms with E-state index in [4.69, 9.17) is 16.7 Å². The van der Waals surface area contributed by atoms with Crippen LogP contribution in [-0.2, 0) is 4.79 Å². The molecule has 0 bridgehead atoms. The lowest BCUT2D eigenvalue weighted by atomic mass is 10.1. The third-order valence-electron chi connectivity index (χ3n) is 2.41. The van der Waals surface area contributed by atoms with E-state index < -0.39 is 5.91 Å². The SMILES string of the molecule is CC(C)CN(CC(N)=O)c1ccc(N)cc1C#N. The Labute approximate surface area is 107 Å². The molecule has 0 spiro atoms. The van der Waals surface area contributed by atoms with E-state index in [2.05, 4.69) is 6.07 Å². The molecule has 4 N–H and O–H groups in total. The van der Waals surface area contributed by atoms with Gasteiger partial charge in [-0.25, -0.2) is 0 Å². The lowest BCUT2D eigenvalue weighted by Crippen LogP contribution is -2.36. The van der Waals surface area contributed by atoms with Crippen molar-refractivity contribution in [3.63, 3.8) is 0 Å². The Kier molecular flexibility index (Phi) is 4.55. The molecule has 0 aromatic heterocycles. The number of primary amides is 1. The molecule has 0 saturated carbocycles. The molecule has 5 nitrogen and oxygen atoms in total. The molecule has 0 aliphatic carbocycles. The third kappa shape index (κ3) is 3.67. The number of nitrogens with two attached hydrogens (primary N) is 2. The highest BCUT2D eigenvalue weighted by Gasteiger charge is 2.15. The molecule has 0 atom stereocenters. The van der Waals surface area contributed by atoms with Gasteiger partial charge in [-0.15, -0.1) is 0 Å². The zero-order chi connectivity index (χ0) is 13.7. The molecule has 96 valence electrons. The maximum absolute atomic E-state index is 11.1. The number of hydrogen-bond donors (Lipinski definition) is 2. The van der Waals surface area contributed by atoms with Gasteiger partial charge in [-0.05, 0) is 24.1 Å². The number of nitrogen functional groups attached to an aromatic ring is 1. The van der Waals surface area contributed by atoms with Crippen molar-refractivity contribution in [3.8, 4) is 6.07 Å². The average molecular weight is 246 g/mol. The first-order valence-corrected chi connectivity index (χ1v) is 5.77. The van der Waals surface area contributed by atoms with E-state index in [1.165, 1.54) is 0 Å². The van der Waals surface area contributed by atoms with Crippen molar-refractivity contribution in [3.05, 3.63) is 23.8 Å². The Morgan fingerprint density at radius 3 is 2.67 bits per heavy atom. The van der Waals surface area contributed by atoms with Crippen molar-refractivity contribution in [2.45, 2.75) is 13.8 Å². The van der Waals surface area contributed by atoms with E-state index in [0.29, 0.717) is 29.4 Å². The number of hydrogen-bond acceptors (Lipinski definition) is 4. The molecule has 0 saturated heterocycles. The largest absolute Gasteiger partial charge is 0.399 e. The molecule has 18 heavy (non-hydrogen) atoms. The molecule has 1 aromatic rings. The van der Waals surface area contributed by atoms with Crippen LogP contribution in [0.3, 0.4) is 0 Å². The van der Waals surface area contributed by atoms with E-state index in [-0.39, 0.29) is 6.54 Å². The minimum atomic E-state index is -0.420. The van der Waals surface area contributed by atoms with Gasteiger partial charge >= 0.3 is 0 Å². The van der Waals surface area contributed by atoms with Crippen molar-refractivity contribution < 1.29 is 4.79 Å². The van der Waals surface area contributed by atoms with Crippen LogP contribution < -0.4 is 16.4 Å². The molecule has 0 aliphatic heterocycles. The Morgan fingerprint density at radius 2 is 2.17 bits per heavy atom. The standard InChI is InChI=1S/C13H18N4O/c1-9(2)7-17(8-13(16)18)12-4-3-11(15)5-10(12)6-14/h3-5,9H,7-8,15H2,1-2H3,(H2,16,18). The Hall–Kier alpha value is -2.22. The van der Waals surface area contributed by atoms with E-state index >= 15 is 0 Å². The fourth-order valence-corrected chi connectivity index (χ4v) is 1.80. The first-order valence-electron chi connectivity index (χ1n) is 5.77. The number of anilines is 2. The molecule has 1 amide bonds. The van der Waals surface area contributed by atoms with Gasteiger partial charge in [0.1, 0.15) is 6.07 Å². The summed E-state index contributed by atoms with van der Waals surface area (Å²) in [5, 5.41) is 9.11. The van der Waals surface area contributed by atoms with Crippen LogP contribution in [0, 0.1) is 17.2 Å². The van der Waals surface area contributed by atoms with Crippen LogP contribution in [0.1, 0.15) is 19.4 Å². The lowest BCUT2D eigenvalue weighted by Gasteiger charge is -2.26. The van der Waals surface area contributed by atoms with E-state index in [0.717, 1.165) is 0 Å². The quantitative estimate of drug-likeness (QED) is 0.760. The van der Waals surface area contributed by atoms with Crippen molar-refractivity contribution in [2.75, 3.05) is 23.7 Å². The summed E-state index contributed by atoms with van der Waals surface area (Å²) >= 11 is 0. The maximum atomic E-state index is 11.1. The van der Waals surface area contributed by atoms with E-state index in [9.17, 15) is 4.79 Å². The van der Waals surface area contributed by atoms with Crippen LogP contribution in [-0.4, -0.2) is 19.0 Å². The van der Waals surface area contributed by atoms with Crippen molar-refractivity contribution >= 4 is 17.3 Å². The third-order valence-corrected chi connectivity index (χ3v) is 2.41. The number of carbonyl (C=O) groups is 1. The molecule has 1 aromatic carbocycles. The van der Waals surface area contributed by atoms with Gasteiger partial charge in [-0.1, -0.05) is 13.8 Å². The number of nitrogens with zero attached hydrogens (tertiary/aromatic N) is 2. The van der Waals surface area contributed by atoms with Gasteiger partial charge in [0.05, 0.1) is 17.8 Å². The van der Waals surface area contributed by atoms with Gasteiger partial charge in [0.15, 0.2) is 0 Å². The highest BCUT2D eigenvalue weighted by molar-refractivity contribution is 5.80. The van der Waals surface area contributed by atoms with Crippen LogP contribution >= 0.6 is 0 Å². The lowest BCUT2D eigenvalue weighted by molar-refractivity contribution is -0.116. The summed E-state index contributed by atoms with van der Waals surface area (Å²) in [5.41, 5.74) is 12.6. The molecule has 0 fully saturated rings. The first-order chi connectivity index (χ1) is 8.43. The number of carbonyl (C=O) groups excluding carboxylic acids is 1. The highest BCUT2D eigenvalue weighted by atomic mass is 16.1. The molecule has 0 heterocycles. The summed E-state index contributed by atoms with van der Waals surface area (Å²) < 4.78 is 0. The molecule has 1 rings (SSSR count). The molecular formula is C13H18N4O. The summed E-state index contributed by atoms with van der Waals surface area (Å²) in [6.45, 7) is 4.83. The summed E-state index contributed by atoms with van der Waals surface area (Å²) in [6.07, 6.45) is 0. The van der Waals surface area contributed by atoms with Gasteiger partial charge in [0, 0.05) is 12.2 Å². The van der Waals surface area contributed by atoms with Crippen LogP contribution in [0.4, 0.5) is 11.4 Å². The Morgan fingerprint density at radius 1 is 1.50 bits per heavy atom. The Balaban J connectivity index is 3.12. The summed E-state index contributed by atoms with van der Waals surface area (Å²) in [4.78, 5) is 12.9. The molecule has 0 radical (unpaired) electrons. The molecule has 5 heteroatoms. The van der Waals surface area contributed by atoms with Crippen molar-refractivity contribution in [2.24, 2.45) is 11.7 Å². The zero-order valence-corrected chi connectivity index (χ0v) is 10.7. The van der Waals surface area contributed by atoms with Crippen LogP contribution in [0.2, 0.25) is 0 Å². The first kappa shape index (κ1) is 13.8. The monoisotopic (exact) mass is 246 g/mol. The van der Waals surface area contributed by atoms with Gasteiger partial charge < -0.3 is 16.4 Å². The minimum absolute atomic E-state index is 0.0940. The normalized spacial score (nSPS) is 10.1. The van der Waals surface area contributed by atoms with Crippen molar-refractivity contribution in [1.82, 2.24) is 0 Å². The fourth-order valence-electron chi connectivity index (χ4n) is 1.80. The highest BCUT2D eigenvalue weighted by Crippen LogP contribution is 2.23. The second-order valence-electron chi connectivity index (χ2n) is 4.63. The van der Waals surface area contributed by atoms with Crippen LogP contribution in [0.25, 0.3) is 0 Å². The van der Waals surface area contributed by atoms with E-state index in [1.807, 2.05) is 18.7 Å². The number of amides is 1. The van der Waals surface area contributed by atoms with Gasteiger partial charge in [-0.3, -0.25) is 4.79 Å². The predicted octanol–water partition coefficient (Wildman–Crippen LogP) is 1.09. The molecule has 0 aliphatic rings.